The fourth-order valence-electron chi connectivity index (χ4n) is 5.51. The molecule has 5 N–H and O–H groups in total. The Hall–Kier alpha value is -0.200. The second-order valence-electron chi connectivity index (χ2n) is 8.21. The molecule has 5 fully saturated rings. The van der Waals surface area contributed by atoms with Crippen molar-refractivity contribution in [1.29, 1.82) is 0 Å². The normalized spacial score (nSPS) is 49.4. The smallest absolute Gasteiger partial charge is 0.111 e. The summed E-state index contributed by atoms with van der Waals surface area (Å²) in [6.45, 7) is 0. The number of aliphatic hydroxyl groups is 5. The maximum Gasteiger partial charge on any atom is 0.111 e. The van der Waals surface area contributed by atoms with E-state index in [-0.39, 0.29) is 0 Å². The third-order valence-electron chi connectivity index (χ3n) is 7.02. The van der Waals surface area contributed by atoms with Crippen molar-refractivity contribution in [2.24, 2.45) is 11.3 Å². The molecule has 5 aliphatic carbocycles. The van der Waals surface area contributed by atoms with Crippen molar-refractivity contribution in [3.8, 4) is 0 Å². The summed E-state index contributed by atoms with van der Waals surface area (Å²) >= 11 is 0. The van der Waals surface area contributed by atoms with Gasteiger partial charge in [0.2, 0.25) is 0 Å². The van der Waals surface area contributed by atoms with E-state index in [1.807, 2.05) is 0 Å². The van der Waals surface area contributed by atoms with Gasteiger partial charge in [-0.05, 0) is 51.4 Å². The molecule has 0 aromatic rings. The first-order valence-corrected chi connectivity index (χ1v) is 7.81. The van der Waals surface area contributed by atoms with Crippen molar-refractivity contribution in [3.05, 3.63) is 0 Å². The second kappa shape index (κ2) is 2.72. The zero-order valence-electron chi connectivity index (χ0n) is 11.5. The monoisotopic (exact) mass is 282 g/mol. The molecule has 5 saturated carbocycles. The maximum absolute atomic E-state index is 11.3. The maximum atomic E-state index is 11.3. The van der Waals surface area contributed by atoms with E-state index in [0.717, 1.165) is 0 Å². The molecule has 5 nitrogen and oxygen atoms in total. The van der Waals surface area contributed by atoms with Crippen LogP contribution >= 0.6 is 0 Å². The number of hydrogen-bond donors (Lipinski definition) is 5. The molecule has 0 radical (unpaired) electrons. The summed E-state index contributed by atoms with van der Waals surface area (Å²) in [6.07, 6.45) is 4.32. The lowest BCUT2D eigenvalue weighted by atomic mass is 9.79. The number of hydrogen-bond acceptors (Lipinski definition) is 5. The molecule has 20 heavy (non-hydrogen) atoms. The minimum atomic E-state index is -1.53. The van der Waals surface area contributed by atoms with Crippen LogP contribution in [0.25, 0.3) is 0 Å². The molecule has 0 aromatic carbocycles. The van der Waals surface area contributed by atoms with E-state index in [1.54, 1.807) is 0 Å². The van der Waals surface area contributed by atoms with Gasteiger partial charge in [0.1, 0.15) is 5.60 Å². The van der Waals surface area contributed by atoms with Crippen molar-refractivity contribution in [2.45, 2.75) is 79.4 Å². The molecule has 0 heterocycles. The molecule has 112 valence electrons. The van der Waals surface area contributed by atoms with Gasteiger partial charge >= 0.3 is 0 Å². The summed E-state index contributed by atoms with van der Waals surface area (Å²) in [7, 11) is 0. The quantitative estimate of drug-likeness (QED) is 0.475. The Morgan fingerprint density at radius 3 is 1.25 bits per heavy atom. The van der Waals surface area contributed by atoms with E-state index >= 15 is 0 Å². The molecular weight excluding hydrogens is 260 g/mol. The first kappa shape index (κ1) is 12.4. The molecule has 0 saturated heterocycles. The first-order chi connectivity index (χ1) is 9.19. The highest BCUT2D eigenvalue weighted by molar-refractivity contribution is 5.50. The summed E-state index contributed by atoms with van der Waals surface area (Å²) in [5, 5.41) is 54.2. The Labute approximate surface area is 117 Å². The Balaban J connectivity index is 1.70. The highest BCUT2D eigenvalue weighted by Crippen LogP contribution is 2.89. The zero-order chi connectivity index (χ0) is 14.2. The molecule has 5 rings (SSSR count). The third-order valence-corrected chi connectivity index (χ3v) is 7.02. The number of rotatable bonds is 4. The lowest BCUT2D eigenvalue weighted by Gasteiger charge is -2.34. The summed E-state index contributed by atoms with van der Waals surface area (Å²) in [4.78, 5) is 0. The summed E-state index contributed by atoms with van der Waals surface area (Å²) in [5.41, 5.74) is -7.12. The van der Waals surface area contributed by atoms with Crippen molar-refractivity contribution in [3.63, 3.8) is 0 Å². The largest absolute Gasteiger partial charge is 0.389 e. The third kappa shape index (κ3) is 0.975. The molecule has 5 heteroatoms. The van der Waals surface area contributed by atoms with Crippen LogP contribution in [0.15, 0.2) is 0 Å². The van der Waals surface area contributed by atoms with Crippen molar-refractivity contribution < 1.29 is 25.5 Å². The van der Waals surface area contributed by atoms with E-state index in [9.17, 15) is 25.5 Å². The highest BCUT2D eigenvalue weighted by atomic mass is 16.4. The molecule has 2 atom stereocenters. The predicted octanol–water partition coefficient (Wildman–Crippen LogP) is -0.567. The van der Waals surface area contributed by atoms with E-state index in [0.29, 0.717) is 51.4 Å². The van der Waals surface area contributed by atoms with E-state index in [1.165, 1.54) is 0 Å². The Morgan fingerprint density at radius 2 is 0.950 bits per heavy atom. The molecule has 0 aromatic heterocycles. The van der Waals surface area contributed by atoms with Gasteiger partial charge in [0.05, 0.1) is 27.8 Å². The van der Waals surface area contributed by atoms with Crippen LogP contribution in [-0.2, 0) is 0 Å². The molecule has 0 spiro atoms. The molecule has 0 amide bonds. The minimum Gasteiger partial charge on any atom is -0.389 e. The van der Waals surface area contributed by atoms with Gasteiger partial charge < -0.3 is 25.5 Å². The molecule has 5 aliphatic rings. The SMILES string of the molecule is OC1(C2C(O)(C3(O)CC3)C2(C2(O)CC2)C2(O)CC2)CC1. The van der Waals surface area contributed by atoms with Crippen molar-refractivity contribution in [2.75, 3.05) is 0 Å². The van der Waals surface area contributed by atoms with Crippen molar-refractivity contribution in [1.82, 2.24) is 0 Å². The van der Waals surface area contributed by atoms with Gasteiger partial charge in [0.15, 0.2) is 0 Å². The fourth-order valence-corrected chi connectivity index (χ4v) is 5.51. The van der Waals surface area contributed by atoms with E-state index in [2.05, 4.69) is 0 Å². The molecule has 2 unspecified atom stereocenters. The second-order valence-corrected chi connectivity index (χ2v) is 8.21. The van der Waals surface area contributed by atoms with Crippen LogP contribution in [0.5, 0.6) is 0 Å². The van der Waals surface area contributed by atoms with Crippen LogP contribution in [0, 0.1) is 11.3 Å². The predicted molar refractivity (Wildman–Crippen MR) is 67.6 cm³/mol. The fraction of sp³-hybridized carbons (Fsp3) is 1.00. The van der Waals surface area contributed by atoms with Gasteiger partial charge in [0.25, 0.3) is 0 Å². The lowest BCUT2D eigenvalue weighted by molar-refractivity contribution is -0.129. The van der Waals surface area contributed by atoms with E-state index in [4.69, 9.17) is 0 Å². The van der Waals surface area contributed by atoms with Crippen LogP contribution in [-0.4, -0.2) is 53.5 Å². The van der Waals surface area contributed by atoms with Gasteiger partial charge in [-0.1, -0.05) is 0 Å². The van der Waals surface area contributed by atoms with Gasteiger partial charge in [0, 0.05) is 5.92 Å². The average Bonchev–Trinajstić information content (AvgIpc) is 3.19. The van der Waals surface area contributed by atoms with Crippen molar-refractivity contribution >= 4 is 0 Å². The van der Waals surface area contributed by atoms with Gasteiger partial charge in [-0.3, -0.25) is 0 Å². The van der Waals surface area contributed by atoms with Crippen LogP contribution < -0.4 is 0 Å². The highest BCUT2D eigenvalue weighted by Gasteiger charge is 3.01. The average molecular weight is 282 g/mol. The molecular formula is C15H22O5. The van der Waals surface area contributed by atoms with Gasteiger partial charge in [-0.2, -0.15) is 0 Å². The topological polar surface area (TPSA) is 101 Å². The molecule has 0 bridgehead atoms. The Bertz CT molecular complexity index is 494. The zero-order valence-corrected chi connectivity index (χ0v) is 11.5. The van der Waals surface area contributed by atoms with Crippen LogP contribution in [0.4, 0.5) is 0 Å². The van der Waals surface area contributed by atoms with Crippen LogP contribution in [0.1, 0.15) is 51.4 Å². The Kier molecular flexibility index (Phi) is 1.68. The van der Waals surface area contributed by atoms with Crippen LogP contribution in [0.2, 0.25) is 0 Å². The lowest BCUT2D eigenvalue weighted by Crippen LogP contribution is -2.50. The summed E-state index contributed by atoms with van der Waals surface area (Å²) in [6, 6.07) is 0. The summed E-state index contributed by atoms with van der Waals surface area (Å²) < 4.78 is 0. The standard InChI is InChI=1S/C15H22O5/c16-10(1-2-10)9-14(11(17)3-4-11,12(18)5-6-12)15(9,20)13(19)7-8-13/h9,16-20H,1-8H2. The van der Waals surface area contributed by atoms with Gasteiger partial charge in [-0.25, -0.2) is 0 Å². The van der Waals surface area contributed by atoms with Gasteiger partial charge in [-0.15, -0.1) is 0 Å². The van der Waals surface area contributed by atoms with E-state index < -0.39 is 39.3 Å². The molecule has 0 aliphatic heterocycles. The first-order valence-electron chi connectivity index (χ1n) is 7.81. The Morgan fingerprint density at radius 1 is 0.550 bits per heavy atom. The van der Waals surface area contributed by atoms with Crippen LogP contribution in [0.3, 0.4) is 0 Å². The minimum absolute atomic E-state index is 0.490. The summed E-state index contributed by atoms with van der Waals surface area (Å²) in [5.74, 6) is -0.588.